The quantitative estimate of drug-likeness (QED) is 0.908. The highest BCUT2D eigenvalue weighted by Crippen LogP contribution is 2.25. The van der Waals surface area contributed by atoms with Crippen molar-refractivity contribution in [3.8, 4) is 5.69 Å². The highest BCUT2D eigenvalue weighted by Gasteiger charge is 2.25. The van der Waals surface area contributed by atoms with E-state index in [1.807, 2.05) is 36.5 Å². The standard InChI is InChI=1S/C16H20N4O/c17-13-5-1-4-12(10-13)16(21)19-14-6-2-7-15(11-14)20-9-3-8-18-20/h2-3,6-9,11-13H,1,4-5,10,17H2,(H,19,21). The smallest absolute Gasteiger partial charge is 0.227 e. The second-order valence-corrected chi connectivity index (χ2v) is 5.61. The molecule has 0 radical (unpaired) electrons. The van der Waals surface area contributed by atoms with Crippen LogP contribution in [0.25, 0.3) is 5.69 Å². The van der Waals surface area contributed by atoms with Crippen molar-refractivity contribution >= 4 is 11.6 Å². The predicted molar refractivity (Wildman–Crippen MR) is 82.1 cm³/mol. The van der Waals surface area contributed by atoms with Crippen LogP contribution in [0.15, 0.2) is 42.7 Å². The fourth-order valence-corrected chi connectivity index (χ4v) is 2.86. The van der Waals surface area contributed by atoms with Gasteiger partial charge in [-0.1, -0.05) is 12.5 Å². The summed E-state index contributed by atoms with van der Waals surface area (Å²) in [6.45, 7) is 0. The first-order chi connectivity index (χ1) is 10.2. The van der Waals surface area contributed by atoms with Gasteiger partial charge in [-0.3, -0.25) is 4.79 Å². The third kappa shape index (κ3) is 3.31. The molecule has 0 bridgehead atoms. The van der Waals surface area contributed by atoms with Crippen LogP contribution in [0.2, 0.25) is 0 Å². The van der Waals surface area contributed by atoms with Gasteiger partial charge in [-0.25, -0.2) is 4.68 Å². The van der Waals surface area contributed by atoms with Crippen molar-refractivity contribution in [2.24, 2.45) is 11.7 Å². The maximum atomic E-state index is 12.3. The molecule has 3 N–H and O–H groups in total. The Balaban J connectivity index is 1.70. The summed E-state index contributed by atoms with van der Waals surface area (Å²) >= 11 is 0. The number of anilines is 1. The molecule has 2 unspecified atom stereocenters. The number of nitrogens with one attached hydrogen (secondary N) is 1. The van der Waals surface area contributed by atoms with Gasteiger partial charge in [0.2, 0.25) is 5.91 Å². The first kappa shape index (κ1) is 13.8. The summed E-state index contributed by atoms with van der Waals surface area (Å²) < 4.78 is 1.77. The molecular weight excluding hydrogens is 264 g/mol. The number of hydrogen-bond acceptors (Lipinski definition) is 3. The largest absolute Gasteiger partial charge is 0.328 e. The van der Waals surface area contributed by atoms with E-state index in [2.05, 4.69) is 10.4 Å². The molecule has 1 fully saturated rings. The van der Waals surface area contributed by atoms with Crippen LogP contribution in [-0.4, -0.2) is 21.7 Å². The molecule has 1 amide bonds. The minimum Gasteiger partial charge on any atom is -0.328 e. The van der Waals surface area contributed by atoms with Gasteiger partial charge in [-0.15, -0.1) is 0 Å². The van der Waals surface area contributed by atoms with Crippen molar-refractivity contribution in [2.75, 3.05) is 5.32 Å². The summed E-state index contributed by atoms with van der Waals surface area (Å²) in [4.78, 5) is 12.3. The van der Waals surface area contributed by atoms with Crippen LogP contribution in [0, 0.1) is 5.92 Å². The minimum absolute atomic E-state index is 0.0297. The van der Waals surface area contributed by atoms with Crippen molar-refractivity contribution < 1.29 is 4.79 Å². The molecule has 21 heavy (non-hydrogen) atoms. The molecule has 110 valence electrons. The molecule has 0 saturated heterocycles. The van der Waals surface area contributed by atoms with Gasteiger partial charge in [-0.2, -0.15) is 5.10 Å². The van der Waals surface area contributed by atoms with Gasteiger partial charge in [0.05, 0.1) is 5.69 Å². The number of benzene rings is 1. The topological polar surface area (TPSA) is 72.9 Å². The van der Waals surface area contributed by atoms with Crippen LogP contribution in [-0.2, 0) is 4.79 Å². The highest BCUT2D eigenvalue weighted by molar-refractivity contribution is 5.92. The van der Waals surface area contributed by atoms with E-state index >= 15 is 0 Å². The van der Waals surface area contributed by atoms with E-state index in [-0.39, 0.29) is 17.9 Å². The fraction of sp³-hybridized carbons (Fsp3) is 0.375. The lowest BCUT2D eigenvalue weighted by atomic mass is 9.85. The molecule has 1 heterocycles. The lowest BCUT2D eigenvalue weighted by Gasteiger charge is -2.25. The van der Waals surface area contributed by atoms with E-state index in [4.69, 9.17) is 5.73 Å². The molecule has 1 aromatic carbocycles. The SMILES string of the molecule is NC1CCCC(C(=O)Nc2cccc(-n3cccn3)c2)C1. The van der Waals surface area contributed by atoms with E-state index in [0.717, 1.165) is 37.1 Å². The summed E-state index contributed by atoms with van der Waals surface area (Å²) in [5.74, 6) is 0.102. The lowest BCUT2D eigenvalue weighted by Crippen LogP contribution is -2.34. The van der Waals surface area contributed by atoms with Crippen LogP contribution in [0.5, 0.6) is 0 Å². The highest BCUT2D eigenvalue weighted by atomic mass is 16.1. The van der Waals surface area contributed by atoms with Crippen molar-refractivity contribution in [1.82, 2.24) is 9.78 Å². The van der Waals surface area contributed by atoms with Crippen molar-refractivity contribution in [2.45, 2.75) is 31.7 Å². The van der Waals surface area contributed by atoms with Crippen molar-refractivity contribution in [1.29, 1.82) is 0 Å². The summed E-state index contributed by atoms with van der Waals surface area (Å²) in [5.41, 5.74) is 7.68. The average molecular weight is 284 g/mol. The van der Waals surface area contributed by atoms with Gasteiger partial charge < -0.3 is 11.1 Å². The molecule has 2 atom stereocenters. The minimum atomic E-state index is 0.0297. The molecule has 2 aromatic rings. The van der Waals surface area contributed by atoms with Gasteiger partial charge in [0.1, 0.15) is 0 Å². The van der Waals surface area contributed by atoms with Gasteiger partial charge >= 0.3 is 0 Å². The second-order valence-electron chi connectivity index (χ2n) is 5.61. The van der Waals surface area contributed by atoms with Crippen LogP contribution < -0.4 is 11.1 Å². The summed E-state index contributed by atoms with van der Waals surface area (Å²) in [6.07, 6.45) is 7.38. The van der Waals surface area contributed by atoms with Crippen LogP contribution in [0.3, 0.4) is 0 Å². The third-order valence-electron chi connectivity index (χ3n) is 3.97. The Morgan fingerprint density at radius 2 is 2.24 bits per heavy atom. The third-order valence-corrected chi connectivity index (χ3v) is 3.97. The number of aromatic nitrogens is 2. The normalized spacial score (nSPS) is 22.0. The Labute approximate surface area is 124 Å². The second kappa shape index (κ2) is 6.10. The zero-order valence-electron chi connectivity index (χ0n) is 11.9. The van der Waals surface area contributed by atoms with Gasteiger partial charge in [0.15, 0.2) is 0 Å². The number of nitrogens with zero attached hydrogens (tertiary/aromatic N) is 2. The molecule has 1 aliphatic carbocycles. The summed E-state index contributed by atoms with van der Waals surface area (Å²) in [6, 6.07) is 9.72. The van der Waals surface area contributed by atoms with E-state index in [0.29, 0.717) is 0 Å². The predicted octanol–water partition coefficient (Wildman–Crippen LogP) is 2.33. The Hall–Kier alpha value is -2.14. The van der Waals surface area contributed by atoms with E-state index in [1.54, 1.807) is 10.9 Å². The number of carbonyl (C=O) groups excluding carboxylic acids is 1. The van der Waals surface area contributed by atoms with E-state index < -0.39 is 0 Å². The fourth-order valence-electron chi connectivity index (χ4n) is 2.86. The molecule has 1 saturated carbocycles. The van der Waals surface area contributed by atoms with E-state index in [9.17, 15) is 4.79 Å². The van der Waals surface area contributed by atoms with Crippen LogP contribution in [0.4, 0.5) is 5.69 Å². The maximum absolute atomic E-state index is 12.3. The van der Waals surface area contributed by atoms with Crippen LogP contribution >= 0.6 is 0 Å². The Morgan fingerprint density at radius 1 is 1.33 bits per heavy atom. The Bertz CT molecular complexity index is 608. The first-order valence-corrected chi connectivity index (χ1v) is 7.39. The summed E-state index contributed by atoms with van der Waals surface area (Å²) in [5, 5.41) is 7.19. The van der Waals surface area contributed by atoms with Gasteiger partial charge in [0, 0.05) is 30.0 Å². The number of nitrogens with two attached hydrogens (primary N) is 1. The van der Waals surface area contributed by atoms with Gasteiger partial charge in [0.25, 0.3) is 0 Å². The van der Waals surface area contributed by atoms with Crippen molar-refractivity contribution in [3.05, 3.63) is 42.7 Å². The first-order valence-electron chi connectivity index (χ1n) is 7.39. The molecule has 5 nitrogen and oxygen atoms in total. The van der Waals surface area contributed by atoms with E-state index in [1.165, 1.54) is 0 Å². The number of carbonyl (C=O) groups is 1. The van der Waals surface area contributed by atoms with Crippen LogP contribution in [0.1, 0.15) is 25.7 Å². The molecule has 0 aliphatic heterocycles. The van der Waals surface area contributed by atoms with Gasteiger partial charge in [-0.05, 0) is 43.5 Å². The average Bonchev–Trinajstić information content (AvgIpc) is 3.02. The molecule has 1 aliphatic rings. The molecule has 1 aromatic heterocycles. The Morgan fingerprint density at radius 3 is 3.00 bits per heavy atom. The maximum Gasteiger partial charge on any atom is 0.227 e. The molecular formula is C16H20N4O. The zero-order chi connectivity index (χ0) is 14.7. The van der Waals surface area contributed by atoms with Crippen molar-refractivity contribution in [3.63, 3.8) is 0 Å². The number of hydrogen-bond donors (Lipinski definition) is 2. The Kier molecular flexibility index (Phi) is 4.01. The molecule has 5 heteroatoms. The monoisotopic (exact) mass is 284 g/mol. The molecule has 0 spiro atoms. The zero-order valence-corrected chi connectivity index (χ0v) is 11.9. The summed E-state index contributed by atoms with van der Waals surface area (Å²) in [7, 11) is 0. The number of amides is 1. The lowest BCUT2D eigenvalue weighted by molar-refractivity contribution is -0.120. The number of rotatable bonds is 3. The molecule has 3 rings (SSSR count).